The minimum absolute atomic E-state index is 0. The molecule has 21 heavy (non-hydrogen) atoms. The summed E-state index contributed by atoms with van der Waals surface area (Å²) < 4.78 is 0. The summed E-state index contributed by atoms with van der Waals surface area (Å²) in [5.74, 6) is 0.784. The van der Waals surface area contributed by atoms with Gasteiger partial charge in [0, 0.05) is 32.2 Å². The first-order valence-corrected chi connectivity index (χ1v) is 7.33. The highest BCUT2D eigenvalue weighted by Crippen LogP contribution is 2.41. The molecule has 0 spiro atoms. The fourth-order valence-corrected chi connectivity index (χ4v) is 3.29. The van der Waals surface area contributed by atoms with E-state index in [2.05, 4.69) is 28.4 Å². The van der Waals surface area contributed by atoms with Gasteiger partial charge in [0.1, 0.15) is 0 Å². The van der Waals surface area contributed by atoms with Gasteiger partial charge in [-0.3, -0.25) is 4.90 Å². The van der Waals surface area contributed by atoms with E-state index in [-0.39, 0.29) is 24.8 Å². The lowest BCUT2D eigenvalue weighted by atomic mass is 9.76. The molecule has 1 heterocycles. The molecule has 0 amide bonds. The van der Waals surface area contributed by atoms with Crippen molar-refractivity contribution in [2.75, 3.05) is 26.2 Å². The Bertz CT molecular complexity index is 477. The zero-order valence-electron chi connectivity index (χ0n) is 12.1. The Morgan fingerprint density at radius 1 is 1.19 bits per heavy atom. The van der Waals surface area contributed by atoms with E-state index in [0.717, 1.165) is 37.7 Å². The second-order valence-corrected chi connectivity index (χ2v) is 5.66. The van der Waals surface area contributed by atoms with Crippen molar-refractivity contribution in [3.8, 4) is 6.07 Å². The van der Waals surface area contributed by atoms with Crippen molar-refractivity contribution in [3.63, 3.8) is 0 Å². The molecule has 2 fully saturated rings. The minimum Gasteiger partial charge on any atom is -0.314 e. The highest BCUT2D eigenvalue weighted by Gasteiger charge is 2.33. The van der Waals surface area contributed by atoms with E-state index in [0.29, 0.717) is 6.04 Å². The molecule has 5 heteroatoms. The summed E-state index contributed by atoms with van der Waals surface area (Å²) in [7, 11) is 0. The van der Waals surface area contributed by atoms with Crippen LogP contribution < -0.4 is 5.32 Å². The number of nitriles is 1. The molecule has 1 saturated heterocycles. The van der Waals surface area contributed by atoms with Gasteiger partial charge in [-0.1, -0.05) is 18.6 Å². The van der Waals surface area contributed by atoms with Crippen LogP contribution in [0.5, 0.6) is 0 Å². The first kappa shape index (κ1) is 18.3. The first-order chi connectivity index (χ1) is 9.38. The molecule has 116 valence electrons. The molecule has 1 aliphatic heterocycles. The van der Waals surface area contributed by atoms with Gasteiger partial charge in [0.05, 0.1) is 11.6 Å². The number of hydrogen-bond acceptors (Lipinski definition) is 3. The lowest BCUT2D eigenvalue weighted by Crippen LogP contribution is -2.47. The molecule has 3 nitrogen and oxygen atoms in total. The van der Waals surface area contributed by atoms with Crippen LogP contribution in [-0.2, 0) is 0 Å². The standard InChI is InChI=1S/C16H21N3.2ClH/c17-12-13-3-1-6-15(11-13)16(14-4-2-5-14)19-9-7-18-8-10-19;;/h1,3,6,11,14,16,18H,2,4-5,7-10H2;2*1H/t16-;;/m1../s1. The lowest BCUT2D eigenvalue weighted by molar-refractivity contribution is 0.0837. The second kappa shape index (κ2) is 8.60. The fourth-order valence-electron chi connectivity index (χ4n) is 3.29. The van der Waals surface area contributed by atoms with Crippen molar-refractivity contribution in [2.45, 2.75) is 25.3 Å². The summed E-state index contributed by atoms with van der Waals surface area (Å²) in [6.07, 6.45) is 4.04. The summed E-state index contributed by atoms with van der Waals surface area (Å²) >= 11 is 0. The number of piperazine rings is 1. The van der Waals surface area contributed by atoms with E-state index in [1.54, 1.807) is 0 Å². The van der Waals surface area contributed by atoms with E-state index >= 15 is 0 Å². The lowest BCUT2D eigenvalue weighted by Gasteiger charge is -2.43. The van der Waals surface area contributed by atoms with Crippen LogP contribution in [0, 0.1) is 17.2 Å². The van der Waals surface area contributed by atoms with Crippen LogP contribution in [0.3, 0.4) is 0 Å². The predicted molar refractivity (Wildman–Crippen MR) is 90.2 cm³/mol. The van der Waals surface area contributed by atoms with Gasteiger partial charge in [0.15, 0.2) is 0 Å². The summed E-state index contributed by atoms with van der Waals surface area (Å²) in [5, 5.41) is 12.5. The van der Waals surface area contributed by atoms with Crippen LogP contribution in [0.25, 0.3) is 0 Å². The van der Waals surface area contributed by atoms with Crippen molar-refractivity contribution in [1.29, 1.82) is 5.26 Å². The Hall–Kier alpha value is -0.790. The Morgan fingerprint density at radius 2 is 1.90 bits per heavy atom. The van der Waals surface area contributed by atoms with Crippen molar-refractivity contribution in [2.24, 2.45) is 5.92 Å². The van der Waals surface area contributed by atoms with Gasteiger partial charge in [-0.25, -0.2) is 0 Å². The maximum absolute atomic E-state index is 9.09. The number of rotatable bonds is 3. The van der Waals surface area contributed by atoms with Crippen LogP contribution in [0.4, 0.5) is 0 Å². The average molecular weight is 328 g/mol. The topological polar surface area (TPSA) is 39.1 Å². The monoisotopic (exact) mass is 327 g/mol. The van der Waals surface area contributed by atoms with Gasteiger partial charge >= 0.3 is 0 Å². The van der Waals surface area contributed by atoms with Crippen molar-refractivity contribution < 1.29 is 0 Å². The van der Waals surface area contributed by atoms with E-state index in [1.165, 1.54) is 24.8 Å². The van der Waals surface area contributed by atoms with Crippen molar-refractivity contribution in [3.05, 3.63) is 35.4 Å². The molecule has 1 aliphatic carbocycles. The predicted octanol–water partition coefficient (Wildman–Crippen LogP) is 3.15. The quantitative estimate of drug-likeness (QED) is 0.926. The number of benzene rings is 1. The minimum atomic E-state index is 0. The molecular weight excluding hydrogens is 305 g/mol. The number of nitrogens with one attached hydrogen (secondary N) is 1. The van der Waals surface area contributed by atoms with Gasteiger partial charge in [-0.2, -0.15) is 5.26 Å². The third kappa shape index (κ3) is 4.11. The summed E-state index contributed by atoms with van der Waals surface area (Å²) in [5.41, 5.74) is 2.13. The van der Waals surface area contributed by atoms with Gasteiger partial charge in [-0.05, 0) is 36.5 Å². The molecule has 0 radical (unpaired) electrons. The SMILES string of the molecule is Cl.Cl.N#Cc1cccc([C@@H](C2CCC2)N2CCNCC2)c1. The molecule has 1 atom stereocenters. The van der Waals surface area contributed by atoms with Crippen LogP contribution in [0.15, 0.2) is 24.3 Å². The van der Waals surface area contributed by atoms with E-state index in [1.807, 2.05) is 12.1 Å². The Kier molecular flexibility index (Phi) is 7.48. The van der Waals surface area contributed by atoms with E-state index < -0.39 is 0 Å². The summed E-state index contributed by atoms with van der Waals surface area (Å²) in [6, 6.07) is 11.0. The fraction of sp³-hybridized carbons (Fsp3) is 0.562. The molecule has 1 aromatic rings. The summed E-state index contributed by atoms with van der Waals surface area (Å²) in [4.78, 5) is 2.61. The van der Waals surface area contributed by atoms with Gasteiger partial charge in [-0.15, -0.1) is 24.8 Å². The first-order valence-electron chi connectivity index (χ1n) is 7.33. The Morgan fingerprint density at radius 3 is 2.48 bits per heavy atom. The number of halogens is 2. The zero-order chi connectivity index (χ0) is 13.1. The van der Waals surface area contributed by atoms with Crippen molar-refractivity contribution in [1.82, 2.24) is 10.2 Å². The molecule has 3 rings (SSSR count). The number of nitrogens with zero attached hydrogens (tertiary/aromatic N) is 2. The van der Waals surface area contributed by atoms with E-state index in [4.69, 9.17) is 5.26 Å². The smallest absolute Gasteiger partial charge is 0.0991 e. The third-order valence-corrected chi connectivity index (χ3v) is 4.50. The molecular formula is C16H23Cl2N3. The molecule has 1 N–H and O–H groups in total. The van der Waals surface area contributed by atoms with Crippen LogP contribution in [0.1, 0.15) is 36.4 Å². The largest absolute Gasteiger partial charge is 0.314 e. The molecule has 2 aliphatic rings. The highest BCUT2D eigenvalue weighted by atomic mass is 35.5. The molecule has 1 saturated carbocycles. The van der Waals surface area contributed by atoms with Crippen LogP contribution >= 0.6 is 24.8 Å². The third-order valence-electron chi connectivity index (χ3n) is 4.50. The maximum Gasteiger partial charge on any atom is 0.0991 e. The van der Waals surface area contributed by atoms with Crippen molar-refractivity contribution >= 4 is 24.8 Å². The second-order valence-electron chi connectivity index (χ2n) is 5.66. The van der Waals surface area contributed by atoms with Gasteiger partial charge in [0.2, 0.25) is 0 Å². The molecule has 0 unspecified atom stereocenters. The van der Waals surface area contributed by atoms with Crippen LogP contribution in [-0.4, -0.2) is 31.1 Å². The molecule has 0 aromatic heterocycles. The summed E-state index contributed by atoms with van der Waals surface area (Å²) in [6.45, 7) is 4.41. The molecule has 1 aromatic carbocycles. The molecule has 0 bridgehead atoms. The maximum atomic E-state index is 9.09. The van der Waals surface area contributed by atoms with Gasteiger partial charge < -0.3 is 5.32 Å². The Balaban J connectivity index is 0.00000110. The van der Waals surface area contributed by atoms with Crippen LogP contribution in [0.2, 0.25) is 0 Å². The van der Waals surface area contributed by atoms with Gasteiger partial charge in [0.25, 0.3) is 0 Å². The zero-order valence-corrected chi connectivity index (χ0v) is 13.8. The number of hydrogen-bond donors (Lipinski definition) is 1. The average Bonchev–Trinajstić information content (AvgIpc) is 2.43. The Labute approximate surface area is 139 Å². The normalized spacial score (nSPS) is 20.3. The highest BCUT2D eigenvalue weighted by molar-refractivity contribution is 5.85. The van der Waals surface area contributed by atoms with E-state index in [9.17, 15) is 0 Å².